The van der Waals surface area contributed by atoms with Crippen molar-refractivity contribution < 1.29 is 40.8 Å². The number of benzene rings is 1. The maximum Gasteiger partial charge on any atom is 0.746 e. The number of carbonyl (C=O) groups is 3. The fraction of sp³-hybridized carbons (Fsp3) is 0.400. The van der Waals surface area contributed by atoms with Gasteiger partial charge in [-0.25, -0.2) is 13.2 Å². The summed E-state index contributed by atoms with van der Waals surface area (Å²) in [5.74, 6) is -7.27. The fourth-order valence-corrected chi connectivity index (χ4v) is 4.11. The molecule has 0 N–H and O–H groups in total. The van der Waals surface area contributed by atoms with Crippen LogP contribution in [-0.4, -0.2) is 26.7 Å². The molecular formula is C15H17F3O6Si. The van der Waals surface area contributed by atoms with E-state index in [2.05, 4.69) is 0 Å². The van der Waals surface area contributed by atoms with E-state index in [4.69, 9.17) is 13.3 Å². The first-order chi connectivity index (χ1) is 11.7. The highest BCUT2D eigenvalue weighted by atomic mass is 28.4. The average molecular weight is 378 g/mol. The van der Waals surface area contributed by atoms with E-state index in [0.717, 1.165) is 0 Å². The number of hydrogen-bond donors (Lipinski definition) is 0. The van der Waals surface area contributed by atoms with Crippen molar-refractivity contribution in [3.05, 3.63) is 29.6 Å². The molecule has 6 nitrogen and oxygen atoms in total. The largest absolute Gasteiger partial charge is 0.746 e. The van der Waals surface area contributed by atoms with Crippen LogP contribution in [0.2, 0.25) is 0 Å². The standard InChI is InChI=1S/C15H17F3O6Si/c1-4-13(19)22-25(23-14(20)5-2,24-15(21)6-3)12-8-10(17)9(16)7-11(12)18/h7-8H,4-6H2,1-3H3. The Kier molecular flexibility index (Phi) is 7.16. The van der Waals surface area contributed by atoms with E-state index in [9.17, 15) is 27.6 Å². The lowest BCUT2D eigenvalue weighted by molar-refractivity contribution is -0.149. The maximum atomic E-state index is 14.2. The second-order valence-corrected chi connectivity index (χ2v) is 7.05. The predicted octanol–water partition coefficient (Wildman–Crippen LogP) is 2.11. The van der Waals surface area contributed by atoms with Crippen LogP contribution >= 0.6 is 0 Å². The van der Waals surface area contributed by atoms with E-state index in [1.165, 1.54) is 20.8 Å². The third-order valence-electron chi connectivity index (χ3n) is 2.95. The van der Waals surface area contributed by atoms with Gasteiger partial charge < -0.3 is 13.3 Å². The molecule has 0 radical (unpaired) electrons. The number of rotatable bonds is 7. The van der Waals surface area contributed by atoms with Gasteiger partial charge in [-0.2, -0.15) is 0 Å². The van der Waals surface area contributed by atoms with Gasteiger partial charge in [0.15, 0.2) is 11.6 Å². The Balaban J connectivity index is 3.60. The van der Waals surface area contributed by atoms with Crippen molar-refractivity contribution in [2.45, 2.75) is 40.0 Å². The van der Waals surface area contributed by atoms with Crippen LogP contribution in [0.15, 0.2) is 12.1 Å². The molecule has 0 saturated heterocycles. The average Bonchev–Trinajstić information content (AvgIpc) is 2.57. The Hall–Kier alpha value is -2.36. The van der Waals surface area contributed by atoms with Gasteiger partial charge in [-0.15, -0.1) is 0 Å². The van der Waals surface area contributed by atoms with E-state index in [1.807, 2.05) is 0 Å². The van der Waals surface area contributed by atoms with Gasteiger partial charge in [0.2, 0.25) is 0 Å². The Morgan fingerprint density at radius 3 is 1.48 bits per heavy atom. The summed E-state index contributed by atoms with van der Waals surface area (Å²) in [6, 6.07) is 0.539. The SMILES string of the molecule is CCC(=O)O[Si](OC(=O)CC)(OC(=O)CC)c1cc(F)c(F)cc1F. The second kappa shape index (κ2) is 8.65. The zero-order valence-corrected chi connectivity index (χ0v) is 14.9. The Bertz CT molecular complexity index is 634. The Labute approximate surface area is 143 Å². The number of hydrogen-bond acceptors (Lipinski definition) is 6. The first-order valence-corrected chi connectivity index (χ1v) is 9.22. The predicted molar refractivity (Wildman–Crippen MR) is 80.9 cm³/mol. The van der Waals surface area contributed by atoms with Crippen LogP contribution in [-0.2, 0) is 27.7 Å². The van der Waals surface area contributed by atoms with E-state index in [1.54, 1.807) is 0 Å². The summed E-state index contributed by atoms with van der Waals surface area (Å²) >= 11 is 0. The van der Waals surface area contributed by atoms with Crippen LogP contribution in [0.4, 0.5) is 13.2 Å². The molecular weight excluding hydrogens is 361 g/mol. The summed E-state index contributed by atoms with van der Waals surface area (Å²) in [6.45, 7) is 4.19. The Morgan fingerprint density at radius 1 is 0.760 bits per heavy atom. The highest BCUT2D eigenvalue weighted by Gasteiger charge is 2.57. The summed E-state index contributed by atoms with van der Waals surface area (Å²) < 4.78 is 56.0. The lowest BCUT2D eigenvalue weighted by atomic mass is 10.3. The van der Waals surface area contributed by atoms with Gasteiger partial charge in [0.25, 0.3) is 17.9 Å². The molecule has 138 valence electrons. The molecule has 0 unspecified atom stereocenters. The molecule has 0 aliphatic heterocycles. The molecule has 0 aliphatic carbocycles. The van der Waals surface area contributed by atoms with Gasteiger partial charge >= 0.3 is 8.80 Å². The van der Waals surface area contributed by atoms with Crippen molar-refractivity contribution in [3.63, 3.8) is 0 Å². The summed E-state index contributed by atoms with van der Waals surface area (Å²) in [6.07, 6.45) is -0.645. The van der Waals surface area contributed by atoms with Crippen molar-refractivity contribution in [3.8, 4) is 0 Å². The molecule has 1 aromatic carbocycles. The lowest BCUT2D eigenvalue weighted by Crippen LogP contribution is -2.61. The summed E-state index contributed by atoms with van der Waals surface area (Å²) in [5, 5.41) is -0.822. The molecule has 0 aromatic heterocycles. The van der Waals surface area contributed by atoms with Gasteiger partial charge in [-0.3, -0.25) is 14.4 Å². The van der Waals surface area contributed by atoms with Crippen LogP contribution in [0, 0.1) is 17.5 Å². The molecule has 1 rings (SSSR count). The van der Waals surface area contributed by atoms with Crippen molar-refractivity contribution >= 4 is 31.9 Å². The summed E-state index contributed by atoms with van der Waals surface area (Å²) in [7, 11) is -4.85. The molecule has 0 amide bonds. The third kappa shape index (κ3) is 5.05. The quantitative estimate of drug-likeness (QED) is 0.534. The molecule has 0 spiro atoms. The summed E-state index contributed by atoms with van der Waals surface area (Å²) in [5.41, 5.74) is 0. The van der Waals surface area contributed by atoms with Crippen molar-refractivity contribution in [1.82, 2.24) is 0 Å². The van der Waals surface area contributed by atoms with Gasteiger partial charge in [0, 0.05) is 25.3 Å². The second-order valence-electron chi connectivity index (χ2n) is 4.79. The summed E-state index contributed by atoms with van der Waals surface area (Å²) in [4.78, 5) is 35.2. The molecule has 25 heavy (non-hydrogen) atoms. The minimum Gasteiger partial charge on any atom is -0.452 e. The van der Waals surface area contributed by atoms with Crippen LogP contribution in [0.3, 0.4) is 0 Å². The first-order valence-electron chi connectivity index (χ1n) is 7.49. The monoisotopic (exact) mass is 378 g/mol. The van der Waals surface area contributed by atoms with E-state index >= 15 is 0 Å². The minimum absolute atomic E-state index is 0.186. The van der Waals surface area contributed by atoms with Gasteiger partial charge in [-0.05, 0) is 6.07 Å². The third-order valence-corrected chi connectivity index (χ3v) is 5.48. The van der Waals surface area contributed by atoms with E-state index in [-0.39, 0.29) is 25.3 Å². The maximum absolute atomic E-state index is 14.2. The van der Waals surface area contributed by atoms with Crippen molar-refractivity contribution in [1.29, 1.82) is 0 Å². The zero-order valence-electron chi connectivity index (χ0n) is 13.9. The minimum atomic E-state index is -4.85. The molecule has 10 heteroatoms. The van der Waals surface area contributed by atoms with Gasteiger partial charge in [-0.1, -0.05) is 20.8 Å². The van der Waals surface area contributed by atoms with E-state index < -0.39 is 49.4 Å². The number of halogens is 3. The molecule has 1 aromatic rings. The number of carbonyl (C=O) groups excluding carboxylic acids is 3. The molecule has 0 saturated carbocycles. The fourth-order valence-electron chi connectivity index (χ4n) is 1.65. The van der Waals surface area contributed by atoms with Crippen LogP contribution in [0.25, 0.3) is 0 Å². The zero-order chi connectivity index (χ0) is 19.2. The molecule has 0 fully saturated rings. The highest BCUT2D eigenvalue weighted by Crippen LogP contribution is 2.18. The smallest absolute Gasteiger partial charge is 0.452 e. The molecule has 0 bridgehead atoms. The Morgan fingerprint density at radius 2 is 1.12 bits per heavy atom. The van der Waals surface area contributed by atoms with Crippen LogP contribution < -0.4 is 5.19 Å². The van der Waals surface area contributed by atoms with Gasteiger partial charge in [0.1, 0.15) is 11.0 Å². The van der Waals surface area contributed by atoms with Crippen LogP contribution in [0.1, 0.15) is 40.0 Å². The van der Waals surface area contributed by atoms with Crippen molar-refractivity contribution in [2.24, 2.45) is 0 Å². The van der Waals surface area contributed by atoms with Gasteiger partial charge in [0.05, 0.1) is 0 Å². The highest BCUT2D eigenvalue weighted by molar-refractivity contribution is 6.79. The molecule has 0 atom stereocenters. The van der Waals surface area contributed by atoms with Crippen molar-refractivity contribution in [2.75, 3.05) is 0 Å². The van der Waals surface area contributed by atoms with E-state index in [0.29, 0.717) is 6.07 Å². The molecule has 0 heterocycles. The first kappa shape index (κ1) is 20.7. The van der Waals surface area contributed by atoms with Crippen LogP contribution in [0.5, 0.6) is 0 Å². The molecule has 0 aliphatic rings. The topological polar surface area (TPSA) is 78.9 Å². The normalized spacial score (nSPS) is 11.0. The lowest BCUT2D eigenvalue weighted by Gasteiger charge is -2.27.